The minimum Gasteiger partial charge on any atom is -0.384 e. The highest BCUT2D eigenvalue weighted by Crippen LogP contribution is 2.19. The maximum absolute atomic E-state index is 12.2. The number of anilines is 1. The van der Waals surface area contributed by atoms with Crippen LogP contribution in [0.1, 0.15) is 15.2 Å². The molecular formula is C15H11N3O2S. The van der Waals surface area contributed by atoms with E-state index in [4.69, 9.17) is 5.11 Å². The molecule has 0 atom stereocenters. The summed E-state index contributed by atoms with van der Waals surface area (Å²) in [7, 11) is 0. The number of aromatic nitrogens is 2. The SMILES string of the molecule is O=C(Nc1ncc(C#CCO)s1)c1ccc2cc[nH]c2c1. The Hall–Kier alpha value is -2.62. The molecule has 0 bridgehead atoms. The molecule has 0 saturated carbocycles. The number of benzene rings is 1. The fourth-order valence-electron chi connectivity index (χ4n) is 1.87. The number of aromatic amines is 1. The Bertz CT molecular complexity index is 854. The molecule has 1 amide bonds. The Morgan fingerprint density at radius 1 is 1.43 bits per heavy atom. The summed E-state index contributed by atoms with van der Waals surface area (Å²) in [4.78, 5) is 20.0. The molecule has 2 aromatic heterocycles. The minimum absolute atomic E-state index is 0.199. The van der Waals surface area contributed by atoms with Crippen LogP contribution >= 0.6 is 11.3 Å². The summed E-state index contributed by atoms with van der Waals surface area (Å²) < 4.78 is 0. The fraction of sp³-hybridized carbons (Fsp3) is 0.0667. The molecule has 0 radical (unpaired) electrons. The number of nitrogens with zero attached hydrogens (tertiary/aromatic N) is 1. The maximum Gasteiger partial charge on any atom is 0.257 e. The van der Waals surface area contributed by atoms with E-state index >= 15 is 0 Å². The van der Waals surface area contributed by atoms with Gasteiger partial charge in [-0.3, -0.25) is 10.1 Å². The Labute approximate surface area is 124 Å². The maximum atomic E-state index is 12.2. The van der Waals surface area contributed by atoms with Crippen molar-refractivity contribution in [3.63, 3.8) is 0 Å². The van der Waals surface area contributed by atoms with Gasteiger partial charge < -0.3 is 10.1 Å². The molecular weight excluding hydrogens is 286 g/mol. The normalized spacial score (nSPS) is 10.1. The van der Waals surface area contributed by atoms with E-state index in [-0.39, 0.29) is 12.5 Å². The first-order chi connectivity index (χ1) is 10.3. The number of hydrogen-bond donors (Lipinski definition) is 3. The summed E-state index contributed by atoms with van der Waals surface area (Å²) in [6.45, 7) is -0.199. The summed E-state index contributed by atoms with van der Waals surface area (Å²) in [5.41, 5.74) is 1.47. The van der Waals surface area contributed by atoms with E-state index in [2.05, 4.69) is 27.1 Å². The van der Waals surface area contributed by atoms with Crippen LogP contribution in [-0.4, -0.2) is 27.6 Å². The summed E-state index contributed by atoms with van der Waals surface area (Å²) in [5, 5.41) is 12.9. The summed E-state index contributed by atoms with van der Waals surface area (Å²) in [6, 6.07) is 7.40. The Morgan fingerprint density at radius 2 is 2.33 bits per heavy atom. The largest absolute Gasteiger partial charge is 0.384 e. The zero-order valence-electron chi connectivity index (χ0n) is 10.9. The van der Waals surface area contributed by atoms with Crippen LogP contribution in [0.2, 0.25) is 0 Å². The number of thiazole rings is 1. The highest BCUT2D eigenvalue weighted by atomic mass is 32.1. The molecule has 3 rings (SSSR count). The van der Waals surface area contributed by atoms with Crippen LogP contribution in [0.15, 0.2) is 36.7 Å². The molecule has 0 fully saturated rings. The zero-order valence-corrected chi connectivity index (χ0v) is 11.7. The standard InChI is InChI=1S/C15H11N3O2S/c19-7-1-2-12-9-17-15(21-12)18-14(20)11-4-3-10-5-6-16-13(10)8-11/h3-6,8-9,16,19H,7H2,(H,17,18,20). The molecule has 1 aromatic carbocycles. The van der Waals surface area contributed by atoms with Gasteiger partial charge in [0.05, 0.1) is 11.1 Å². The molecule has 0 spiro atoms. The Kier molecular flexibility index (Phi) is 3.69. The van der Waals surface area contributed by atoms with Crippen molar-refractivity contribution in [1.82, 2.24) is 9.97 Å². The average molecular weight is 297 g/mol. The predicted octanol–water partition coefficient (Wildman–Crippen LogP) is 2.22. The number of aliphatic hydroxyl groups is 1. The molecule has 3 N–H and O–H groups in total. The molecule has 5 nitrogen and oxygen atoms in total. The van der Waals surface area contributed by atoms with Gasteiger partial charge in [0.25, 0.3) is 5.91 Å². The molecule has 0 aliphatic rings. The van der Waals surface area contributed by atoms with E-state index in [0.29, 0.717) is 15.6 Å². The molecule has 6 heteroatoms. The molecule has 3 aromatic rings. The van der Waals surface area contributed by atoms with E-state index in [1.54, 1.807) is 18.3 Å². The average Bonchev–Trinajstić information content (AvgIpc) is 3.12. The number of carbonyl (C=O) groups is 1. The third-order valence-electron chi connectivity index (χ3n) is 2.83. The van der Waals surface area contributed by atoms with Gasteiger partial charge in [0.1, 0.15) is 6.61 Å². The summed E-state index contributed by atoms with van der Waals surface area (Å²) in [6.07, 6.45) is 3.40. The van der Waals surface area contributed by atoms with Crippen LogP contribution in [0.25, 0.3) is 10.9 Å². The number of carbonyl (C=O) groups excluding carboxylic acids is 1. The van der Waals surface area contributed by atoms with Crippen LogP contribution in [0.3, 0.4) is 0 Å². The second-order valence-electron chi connectivity index (χ2n) is 4.22. The van der Waals surface area contributed by atoms with Gasteiger partial charge in [-0.15, -0.1) is 0 Å². The first kappa shape index (κ1) is 13.4. The van der Waals surface area contributed by atoms with Gasteiger partial charge in [0.15, 0.2) is 5.13 Å². The van der Waals surface area contributed by atoms with Crippen molar-refractivity contribution in [1.29, 1.82) is 0 Å². The Balaban J connectivity index is 1.77. The fourth-order valence-corrected chi connectivity index (χ4v) is 2.56. The van der Waals surface area contributed by atoms with Crippen molar-refractivity contribution < 1.29 is 9.90 Å². The van der Waals surface area contributed by atoms with Crippen molar-refractivity contribution in [3.05, 3.63) is 47.1 Å². The monoisotopic (exact) mass is 297 g/mol. The lowest BCUT2D eigenvalue weighted by Gasteiger charge is -2.01. The van der Waals surface area contributed by atoms with Gasteiger partial charge in [0, 0.05) is 17.3 Å². The highest BCUT2D eigenvalue weighted by molar-refractivity contribution is 7.16. The minimum atomic E-state index is -0.220. The lowest BCUT2D eigenvalue weighted by atomic mass is 10.1. The van der Waals surface area contributed by atoms with Gasteiger partial charge in [-0.05, 0) is 23.6 Å². The number of aliphatic hydroxyl groups excluding tert-OH is 1. The van der Waals surface area contributed by atoms with Gasteiger partial charge >= 0.3 is 0 Å². The first-order valence-electron chi connectivity index (χ1n) is 6.20. The van der Waals surface area contributed by atoms with E-state index in [1.807, 2.05) is 18.3 Å². The summed E-state index contributed by atoms with van der Waals surface area (Å²) >= 11 is 1.27. The van der Waals surface area contributed by atoms with Crippen LogP contribution in [0.4, 0.5) is 5.13 Å². The molecule has 0 aliphatic carbocycles. The molecule has 0 unspecified atom stereocenters. The quantitative estimate of drug-likeness (QED) is 0.635. The van der Waals surface area contributed by atoms with Gasteiger partial charge in [-0.25, -0.2) is 4.98 Å². The number of fused-ring (bicyclic) bond motifs is 1. The van der Waals surface area contributed by atoms with Crippen LogP contribution in [0.5, 0.6) is 0 Å². The van der Waals surface area contributed by atoms with Crippen molar-refractivity contribution in [3.8, 4) is 11.8 Å². The third kappa shape index (κ3) is 2.94. The number of amides is 1. The number of rotatable bonds is 2. The van der Waals surface area contributed by atoms with E-state index in [0.717, 1.165) is 10.9 Å². The molecule has 21 heavy (non-hydrogen) atoms. The lowest BCUT2D eigenvalue weighted by Crippen LogP contribution is -2.11. The molecule has 0 aliphatic heterocycles. The number of H-pyrrole nitrogens is 1. The topological polar surface area (TPSA) is 78.0 Å². The van der Waals surface area contributed by atoms with E-state index in [1.165, 1.54) is 11.3 Å². The number of nitrogens with one attached hydrogen (secondary N) is 2. The second-order valence-corrected chi connectivity index (χ2v) is 5.25. The summed E-state index contributed by atoms with van der Waals surface area (Å²) in [5.74, 6) is 5.07. The molecule has 104 valence electrons. The first-order valence-corrected chi connectivity index (χ1v) is 7.02. The van der Waals surface area contributed by atoms with E-state index < -0.39 is 0 Å². The van der Waals surface area contributed by atoms with Gasteiger partial charge in [0.2, 0.25) is 0 Å². The smallest absolute Gasteiger partial charge is 0.257 e. The second kappa shape index (κ2) is 5.79. The van der Waals surface area contributed by atoms with E-state index in [9.17, 15) is 4.79 Å². The third-order valence-corrected chi connectivity index (χ3v) is 3.66. The molecule has 2 heterocycles. The van der Waals surface area contributed by atoms with Gasteiger partial charge in [-0.1, -0.05) is 29.2 Å². The zero-order chi connectivity index (χ0) is 14.7. The van der Waals surface area contributed by atoms with Crippen LogP contribution in [0, 0.1) is 11.8 Å². The van der Waals surface area contributed by atoms with Gasteiger partial charge in [-0.2, -0.15) is 0 Å². The predicted molar refractivity (Wildman–Crippen MR) is 82.3 cm³/mol. The van der Waals surface area contributed by atoms with Crippen molar-refractivity contribution in [2.24, 2.45) is 0 Å². The van der Waals surface area contributed by atoms with Crippen molar-refractivity contribution in [2.75, 3.05) is 11.9 Å². The Morgan fingerprint density at radius 3 is 3.19 bits per heavy atom. The van der Waals surface area contributed by atoms with Crippen molar-refractivity contribution >= 4 is 33.3 Å². The number of hydrogen-bond acceptors (Lipinski definition) is 4. The van der Waals surface area contributed by atoms with Crippen molar-refractivity contribution in [2.45, 2.75) is 0 Å². The van der Waals surface area contributed by atoms with Crippen LogP contribution in [-0.2, 0) is 0 Å². The van der Waals surface area contributed by atoms with Crippen LogP contribution < -0.4 is 5.32 Å². The highest BCUT2D eigenvalue weighted by Gasteiger charge is 2.09. The molecule has 0 saturated heterocycles. The lowest BCUT2D eigenvalue weighted by molar-refractivity contribution is 0.102.